The number of fused-ring (bicyclic) bond motifs is 54. The highest BCUT2D eigenvalue weighted by molar-refractivity contribution is 6.48. The minimum absolute atomic E-state index is 0.0828. The second-order valence-electron chi connectivity index (χ2n) is 33.4. The molecular weight excluding hydrogens is 1610 g/mol. The third-order valence-electron chi connectivity index (χ3n) is 27.1. The lowest BCUT2D eigenvalue weighted by atomic mass is 9.86. The van der Waals surface area contributed by atoms with Crippen LogP contribution in [0.2, 0.25) is 0 Å². The molecule has 29 aromatic rings. The van der Waals surface area contributed by atoms with Crippen LogP contribution in [0.3, 0.4) is 0 Å². The Balaban J connectivity index is 0.0000000926. The van der Waals surface area contributed by atoms with Crippen molar-refractivity contribution in [1.82, 2.24) is 39.9 Å². The van der Waals surface area contributed by atoms with Crippen molar-refractivity contribution in [2.24, 2.45) is 0 Å². The average molecular weight is 1670 g/mol. The Labute approximate surface area is 750 Å². The number of aromatic nitrogens is 8. The zero-order chi connectivity index (χ0) is 87.5. The standard InChI is InChI=1S/C32H12N6.C32H18N2.2C28H16N2/c1-34-28-23-15-22-24(14-21(23)25(16-33)29(35-2)32(28)36-3)30-31(38-13-12-37-30)27-20-11-7-5-9-18(20)17-8-4-6-10-19(17)26(22)27;1-5-13-23-19(9-1)21-11-3-7-15-25(21)29-27(23)28-24-14-6-2-10-20(24)22-12-4-8-16-26(22)30(28)32-31(29)33-17-18-34-32;1-2-8-18-17(7-1)13-14-23-24-21-11-5-3-9-19(21)20-10-4-6-12-22(20)26(24)28-27(25(18)23)29-15-16-30-28;1-2-8-18-17(7-1)13-14-23-24(18)25-21-11-5-3-9-19(21)20-10-4-6-12-22(20)26(25)28-27(23)29-15-16-30-28/h4-15H;1-18H;2*1-16H. The van der Waals surface area contributed by atoms with Gasteiger partial charge in [-0.1, -0.05) is 322 Å². The third-order valence-corrected chi connectivity index (χ3v) is 27.1. The molecule has 0 bridgehead atoms. The van der Waals surface area contributed by atoms with Crippen molar-refractivity contribution in [2.75, 3.05) is 0 Å². The van der Waals surface area contributed by atoms with Gasteiger partial charge in [-0.15, -0.1) is 0 Å². The molecule has 12 nitrogen and oxygen atoms in total. The maximum absolute atomic E-state index is 10.0. The minimum atomic E-state index is -0.0898. The lowest BCUT2D eigenvalue weighted by Gasteiger charge is -2.18. The second-order valence-corrected chi connectivity index (χ2v) is 33.4. The van der Waals surface area contributed by atoms with E-state index in [0.717, 1.165) is 87.1 Å². The minimum Gasteiger partial charge on any atom is -0.262 e. The summed E-state index contributed by atoms with van der Waals surface area (Å²) in [6, 6.07) is 118. The van der Waals surface area contributed by atoms with Crippen LogP contribution >= 0.6 is 0 Å². The van der Waals surface area contributed by atoms with Gasteiger partial charge in [0.2, 0.25) is 11.4 Å². The molecule has 0 fully saturated rings. The monoisotopic (exact) mass is 1670 g/mol. The van der Waals surface area contributed by atoms with E-state index in [1.807, 2.05) is 55.0 Å². The fraction of sp³-hybridized carbons (Fsp3) is 0. The Bertz CT molecular complexity index is 10200. The van der Waals surface area contributed by atoms with Gasteiger partial charge in [0.15, 0.2) is 5.69 Å². The molecule has 0 unspecified atom stereocenters. The van der Waals surface area contributed by atoms with Crippen LogP contribution in [0.1, 0.15) is 5.56 Å². The van der Waals surface area contributed by atoms with E-state index in [4.69, 9.17) is 59.6 Å². The second kappa shape index (κ2) is 29.5. The van der Waals surface area contributed by atoms with Crippen molar-refractivity contribution in [3.8, 4) is 6.07 Å². The first-order valence-corrected chi connectivity index (χ1v) is 43.7. The zero-order valence-corrected chi connectivity index (χ0v) is 70.2. The van der Waals surface area contributed by atoms with Crippen LogP contribution in [0.5, 0.6) is 0 Å². The first-order valence-electron chi connectivity index (χ1n) is 43.7. The molecule has 132 heavy (non-hydrogen) atoms. The summed E-state index contributed by atoms with van der Waals surface area (Å²) in [6.45, 7) is 23.2. The van der Waals surface area contributed by atoms with Crippen molar-refractivity contribution in [3.05, 3.63) is 417 Å². The number of hydrogen-bond acceptors (Lipinski definition) is 9. The molecule has 0 radical (unpaired) electrons. The Morgan fingerprint density at radius 1 is 0.167 bits per heavy atom. The highest BCUT2D eigenvalue weighted by Crippen LogP contribution is 2.54. The van der Waals surface area contributed by atoms with Gasteiger partial charge in [-0.05, 0) is 157 Å². The number of nitriles is 1. The van der Waals surface area contributed by atoms with Crippen LogP contribution in [-0.2, 0) is 0 Å². The summed E-state index contributed by atoms with van der Waals surface area (Å²) in [5, 5.41) is 58.5. The molecule has 4 aromatic heterocycles. The molecule has 0 spiro atoms. The number of benzene rings is 25. The molecule has 0 aliphatic rings. The first-order chi connectivity index (χ1) is 65.5. The molecule has 0 saturated heterocycles. The third kappa shape index (κ3) is 10.7. The van der Waals surface area contributed by atoms with E-state index < -0.39 is 0 Å². The molecule has 602 valence electrons. The molecule has 0 saturated carbocycles. The van der Waals surface area contributed by atoms with Gasteiger partial charge in [0.05, 0.1) is 75.5 Å². The van der Waals surface area contributed by atoms with Crippen LogP contribution in [0.25, 0.3) is 285 Å². The fourth-order valence-corrected chi connectivity index (χ4v) is 21.9. The summed E-state index contributed by atoms with van der Waals surface area (Å²) in [6.07, 6.45) is 14.2. The van der Waals surface area contributed by atoms with Crippen molar-refractivity contribution >= 4 is 287 Å². The smallest absolute Gasteiger partial charge is 0.202 e. The average Bonchev–Trinajstić information content (AvgIpc) is 0.693. The van der Waals surface area contributed by atoms with Crippen molar-refractivity contribution in [3.63, 3.8) is 0 Å². The Morgan fingerprint density at radius 3 is 0.727 bits per heavy atom. The van der Waals surface area contributed by atoms with E-state index in [0.29, 0.717) is 16.3 Å². The normalized spacial score (nSPS) is 11.8. The maximum Gasteiger partial charge on any atom is 0.202 e. The van der Waals surface area contributed by atoms with Gasteiger partial charge >= 0.3 is 0 Å². The van der Waals surface area contributed by atoms with Gasteiger partial charge < -0.3 is 0 Å². The van der Waals surface area contributed by atoms with Gasteiger partial charge in [-0.25, -0.2) is 0 Å². The topological polar surface area (TPSA) is 140 Å². The number of nitrogens with zero attached hydrogens (tertiary/aromatic N) is 12. The van der Waals surface area contributed by atoms with Gasteiger partial charge in [0.1, 0.15) is 0 Å². The Kier molecular flexibility index (Phi) is 16.7. The predicted octanol–water partition coefficient (Wildman–Crippen LogP) is 32.3. The van der Waals surface area contributed by atoms with Crippen LogP contribution in [0, 0.1) is 31.0 Å². The fourth-order valence-electron chi connectivity index (χ4n) is 21.9. The summed E-state index contributed by atoms with van der Waals surface area (Å²) < 4.78 is 0. The summed E-state index contributed by atoms with van der Waals surface area (Å²) in [4.78, 5) is 49.3. The molecule has 4 heterocycles. The molecule has 0 aliphatic heterocycles. The number of rotatable bonds is 0. The maximum atomic E-state index is 10.0. The molecule has 0 aliphatic carbocycles. The highest BCUT2D eigenvalue weighted by Gasteiger charge is 2.28. The van der Waals surface area contributed by atoms with E-state index in [-0.39, 0.29) is 22.6 Å². The molecule has 25 aromatic carbocycles. The predicted molar refractivity (Wildman–Crippen MR) is 549 cm³/mol. The van der Waals surface area contributed by atoms with E-state index in [2.05, 4.69) is 312 Å². The molecule has 29 rings (SSSR count). The van der Waals surface area contributed by atoms with Crippen LogP contribution in [-0.4, -0.2) is 39.9 Å². The Morgan fingerprint density at radius 2 is 0.394 bits per heavy atom. The molecule has 0 amide bonds. The largest absolute Gasteiger partial charge is 0.262 e. The molecule has 0 N–H and O–H groups in total. The van der Waals surface area contributed by atoms with Gasteiger partial charge in [-0.3, -0.25) is 54.4 Å². The molecule has 0 atom stereocenters. The first kappa shape index (κ1) is 74.7. The van der Waals surface area contributed by atoms with Gasteiger partial charge in [-0.2, -0.15) is 5.26 Å². The quantitative estimate of drug-likeness (QED) is 0.0824. The molecular formula is C120H62N12. The summed E-state index contributed by atoms with van der Waals surface area (Å²) in [5.41, 5.74) is 7.22. The zero-order valence-electron chi connectivity index (χ0n) is 70.2. The van der Waals surface area contributed by atoms with E-state index in [9.17, 15) is 5.26 Å². The van der Waals surface area contributed by atoms with Crippen molar-refractivity contribution in [1.29, 1.82) is 5.26 Å². The molecule has 12 heteroatoms. The van der Waals surface area contributed by atoms with E-state index in [1.165, 1.54) is 167 Å². The lowest BCUT2D eigenvalue weighted by Crippen LogP contribution is -1.93. The SMILES string of the molecule is [C-]#[N+]c1c([N+]#[C-])c([N+]#[C-])c2cc3c(cc2c1C#N)c1nccnc1c1c2ccccc2c2ccccc2c31.c1ccc2c(c1)c1ccccc1c1c2c2nccnc2c2c3ccccc3c3ccccc3c21.c1ccc2c(c1)ccc1c2c2nccnc2c2c3ccccc3c3ccccc3c12.c1ccc2c(c1)ccc1c3nccnc3c3c4ccccc4c4ccccc4c3c21. The highest BCUT2D eigenvalue weighted by atomic mass is 14.8. The van der Waals surface area contributed by atoms with E-state index in [1.54, 1.807) is 31.0 Å². The summed E-state index contributed by atoms with van der Waals surface area (Å²) in [5.74, 6) is 0. The lowest BCUT2D eigenvalue weighted by molar-refractivity contribution is 1.31. The van der Waals surface area contributed by atoms with Gasteiger partial charge in [0.25, 0.3) is 0 Å². The van der Waals surface area contributed by atoms with Crippen LogP contribution < -0.4 is 0 Å². The van der Waals surface area contributed by atoms with Crippen molar-refractivity contribution < 1.29 is 0 Å². The van der Waals surface area contributed by atoms with Crippen LogP contribution in [0.4, 0.5) is 17.1 Å². The van der Waals surface area contributed by atoms with Gasteiger partial charge in [0, 0.05) is 125 Å². The summed E-state index contributed by atoms with van der Waals surface area (Å²) in [7, 11) is 0. The Hall–Kier alpha value is -18.7. The number of hydrogen-bond donors (Lipinski definition) is 0. The van der Waals surface area contributed by atoms with Crippen LogP contribution in [0.15, 0.2) is 377 Å². The van der Waals surface area contributed by atoms with E-state index >= 15 is 0 Å². The summed E-state index contributed by atoms with van der Waals surface area (Å²) >= 11 is 0. The van der Waals surface area contributed by atoms with Crippen molar-refractivity contribution in [2.45, 2.75) is 0 Å².